The topological polar surface area (TPSA) is 171 Å². The Kier molecular flexibility index (Phi) is 15.2. The highest BCUT2D eigenvalue weighted by Crippen LogP contribution is 2.31. The minimum Gasteiger partial charge on any atom is -0.480 e. The number of hydrogen-bond acceptors (Lipinski definition) is 6. The molecular formula is C37H65N5O6. The molecule has 0 unspecified atom stereocenters. The molecular weight excluding hydrogens is 610 g/mol. The van der Waals surface area contributed by atoms with Crippen molar-refractivity contribution in [2.75, 3.05) is 7.05 Å². The maximum absolute atomic E-state index is 14.3. The van der Waals surface area contributed by atoms with Crippen molar-refractivity contribution >= 4 is 29.6 Å². The highest BCUT2D eigenvalue weighted by molar-refractivity contribution is 5.96. The number of amides is 4. The fourth-order valence-corrected chi connectivity index (χ4v) is 8.06. The number of hydrogen-bond donors (Lipinski definition) is 5. The molecule has 6 N–H and O–H groups in total. The lowest BCUT2D eigenvalue weighted by molar-refractivity contribution is -0.152. The molecule has 4 amide bonds. The molecule has 11 nitrogen and oxygen atoms in total. The monoisotopic (exact) mass is 675 g/mol. The lowest BCUT2D eigenvalue weighted by Crippen LogP contribution is -2.63. The third-order valence-electron chi connectivity index (χ3n) is 11.1. The lowest BCUT2D eigenvalue weighted by Gasteiger charge is -2.38. The minimum absolute atomic E-state index is 0.0587. The number of nitrogens with two attached hydrogens (primary N) is 1. The van der Waals surface area contributed by atoms with Gasteiger partial charge in [0.2, 0.25) is 23.6 Å². The summed E-state index contributed by atoms with van der Waals surface area (Å²) in [5.41, 5.74) is 5.75. The molecule has 0 bridgehead atoms. The Balaban J connectivity index is 1.86. The largest absolute Gasteiger partial charge is 0.480 e. The Bertz CT molecular complexity index is 1090. The number of carbonyl (C=O) groups excluding carboxylic acids is 4. The molecule has 3 aliphatic carbocycles. The molecule has 0 heterocycles. The summed E-state index contributed by atoms with van der Waals surface area (Å²) in [6, 6.07) is -4.43. The summed E-state index contributed by atoms with van der Waals surface area (Å²) >= 11 is 0. The number of carboxylic acid groups (broad SMARTS) is 1. The summed E-state index contributed by atoms with van der Waals surface area (Å²) in [5.74, 6) is -2.82. The van der Waals surface area contributed by atoms with Crippen molar-refractivity contribution in [2.45, 2.75) is 168 Å². The Morgan fingerprint density at radius 3 is 1.56 bits per heavy atom. The van der Waals surface area contributed by atoms with Gasteiger partial charge in [0.05, 0.1) is 6.04 Å². The lowest BCUT2D eigenvalue weighted by atomic mass is 9.80. The van der Waals surface area contributed by atoms with Gasteiger partial charge in [-0.25, -0.2) is 4.79 Å². The van der Waals surface area contributed by atoms with E-state index in [0.29, 0.717) is 6.42 Å². The van der Waals surface area contributed by atoms with Crippen molar-refractivity contribution in [2.24, 2.45) is 34.8 Å². The van der Waals surface area contributed by atoms with E-state index >= 15 is 0 Å². The van der Waals surface area contributed by atoms with Crippen LogP contribution in [0.1, 0.15) is 137 Å². The van der Waals surface area contributed by atoms with Crippen molar-refractivity contribution in [3.8, 4) is 0 Å². The van der Waals surface area contributed by atoms with Gasteiger partial charge in [-0.05, 0) is 74.0 Å². The van der Waals surface area contributed by atoms with Crippen LogP contribution in [0.15, 0.2) is 0 Å². The van der Waals surface area contributed by atoms with Gasteiger partial charge in [-0.3, -0.25) is 19.2 Å². The van der Waals surface area contributed by atoms with Crippen LogP contribution in [0.5, 0.6) is 0 Å². The van der Waals surface area contributed by atoms with Gasteiger partial charge in [-0.2, -0.15) is 0 Å². The molecule has 3 aliphatic rings. The van der Waals surface area contributed by atoms with Crippen LogP contribution in [0.3, 0.4) is 0 Å². The zero-order valence-corrected chi connectivity index (χ0v) is 30.5. The SMILES string of the molecule is CC(C)C[C@H](C(=O)O)N(C)C(=O)[C@H](NC(=O)[C@H](NC(=O)[C@H](NC(=O)[C@H](N)C1CCCCC1)C(C)(C)C)C1CCCCC1)C1CCCCC1. The first-order valence-corrected chi connectivity index (χ1v) is 18.8. The molecule has 3 rings (SSSR count). The molecule has 5 atom stereocenters. The second-order valence-electron chi connectivity index (χ2n) is 16.4. The van der Waals surface area contributed by atoms with E-state index in [4.69, 9.17) is 5.73 Å². The minimum atomic E-state index is -1.07. The van der Waals surface area contributed by atoms with Gasteiger partial charge in [-0.15, -0.1) is 0 Å². The molecule has 3 saturated carbocycles. The van der Waals surface area contributed by atoms with Gasteiger partial charge in [0.1, 0.15) is 24.2 Å². The maximum Gasteiger partial charge on any atom is 0.326 e. The van der Waals surface area contributed by atoms with Gasteiger partial charge in [0, 0.05) is 7.05 Å². The van der Waals surface area contributed by atoms with E-state index < -0.39 is 59.3 Å². The zero-order valence-electron chi connectivity index (χ0n) is 30.5. The van der Waals surface area contributed by atoms with Crippen LogP contribution in [0.4, 0.5) is 0 Å². The summed E-state index contributed by atoms with van der Waals surface area (Å²) in [7, 11) is 1.51. The summed E-state index contributed by atoms with van der Waals surface area (Å²) in [6.45, 7) is 9.47. The van der Waals surface area contributed by atoms with Gasteiger partial charge in [0.15, 0.2) is 0 Å². The van der Waals surface area contributed by atoms with Crippen LogP contribution in [-0.4, -0.2) is 76.9 Å². The number of likely N-dealkylation sites (N-methyl/N-ethyl adjacent to an activating group) is 1. The number of aliphatic carboxylic acids is 1. The quantitative estimate of drug-likeness (QED) is 0.180. The Morgan fingerprint density at radius 1 is 0.688 bits per heavy atom. The third kappa shape index (κ3) is 11.2. The first-order valence-electron chi connectivity index (χ1n) is 18.8. The van der Waals surface area contributed by atoms with E-state index in [-0.39, 0.29) is 29.6 Å². The highest BCUT2D eigenvalue weighted by Gasteiger charge is 2.42. The third-order valence-corrected chi connectivity index (χ3v) is 11.1. The van der Waals surface area contributed by atoms with Gasteiger partial charge in [0.25, 0.3) is 0 Å². The highest BCUT2D eigenvalue weighted by atomic mass is 16.4. The fourth-order valence-electron chi connectivity index (χ4n) is 8.06. The van der Waals surface area contributed by atoms with Crippen molar-refractivity contribution in [3.05, 3.63) is 0 Å². The van der Waals surface area contributed by atoms with E-state index in [1.165, 1.54) is 11.9 Å². The Morgan fingerprint density at radius 2 is 1.12 bits per heavy atom. The molecule has 0 radical (unpaired) electrons. The van der Waals surface area contributed by atoms with E-state index in [1.54, 1.807) is 0 Å². The van der Waals surface area contributed by atoms with E-state index in [1.807, 2.05) is 34.6 Å². The molecule has 0 aromatic rings. The number of carboxylic acids is 1. The summed E-state index contributed by atoms with van der Waals surface area (Å²) in [5, 5.41) is 19.0. The number of carbonyl (C=O) groups is 5. The Hall–Kier alpha value is -2.69. The molecule has 0 spiro atoms. The predicted molar refractivity (Wildman–Crippen MR) is 187 cm³/mol. The van der Waals surface area contributed by atoms with Crippen LogP contribution in [0.25, 0.3) is 0 Å². The van der Waals surface area contributed by atoms with E-state index in [0.717, 1.165) is 96.3 Å². The van der Waals surface area contributed by atoms with Crippen LogP contribution < -0.4 is 21.7 Å². The summed E-state index contributed by atoms with van der Waals surface area (Å²) in [4.78, 5) is 69.4. The second kappa shape index (κ2) is 18.3. The summed E-state index contributed by atoms with van der Waals surface area (Å²) < 4.78 is 0. The number of nitrogens with zero attached hydrogens (tertiary/aromatic N) is 1. The maximum atomic E-state index is 14.3. The van der Waals surface area contributed by atoms with Crippen molar-refractivity contribution < 1.29 is 29.1 Å². The van der Waals surface area contributed by atoms with Gasteiger partial charge in [-0.1, -0.05) is 92.4 Å². The number of rotatable bonds is 14. The van der Waals surface area contributed by atoms with Gasteiger partial charge < -0.3 is 31.7 Å². The summed E-state index contributed by atoms with van der Waals surface area (Å²) in [6.07, 6.45) is 14.2. The Labute approximate surface area is 288 Å². The molecule has 11 heteroatoms. The molecule has 274 valence electrons. The molecule has 0 aromatic heterocycles. The molecule has 0 aliphatic heterocycles. The first kappa shape index (κ1) is 39.7. The molecule has 0 aromatic carbocycles. The van der Waals surface area contributed by atoms with Crippen LogP contribution in [0.2, 0.25) is 0 Å². The van der Waals surface area contributed by atoms with Crippen molar-refractivity contribution in [1.29, 1.82) is 0 Å². The van der Waals surface area contributed by atoms with Crippen molar-refractivity contribution in [3.63, 3.8) is 0 Å². The fraction of sp³-hybridized carbons (Fsp3) is 0.865. The average Bonchev–Trinajstić information content (AvgIpc) is 3.06. The van der Waals surface area contributed by atoms with Gasteiger partial charge >= 0.3 is 5.97 Å². The number of nitrogens with one attached hydrogen (secondary N) is 3. The van der Waals surface area contributed by atoms with Crippen LogP contribution >= 0.6 is 0 Å². The van der Waals surface area contributed by atoms with E-state index in [9.17, 15) is 29.1 Å². The normalized spacial score (nSPS) is 21.8. The zero-order chi connectivity index (χ0) is 35.6. The smallest absolute Gasteiger partial charge is 0.326 e. The molecule has 48 heavy (non-hydrogen) atoms. The van der Waals surface area contributed by atoms with E-state index in [2.05, 4.69) is 16.0 Å². The standard InChI is InChI=1S/C37H65N5O6/c1-23(2)22-27(36(47)48)42(6)35(46)30(26-20-14-9-15-21-26)40-33(44)29(25-18-12-8-13-19-25)39-34(45)31(37(3,4)5)41-32(43)28(38)24-16-10-7-11-17-24/h23-31H,7-22,38H2,1-6H3,(H,39,45)(H,40,44)(H,41,43)(H,47,48)/t27-,28-,29-,30-,31+/m1/s1. The van der Waals surface area contributed by atoms with Crippen molar-refractivity contribution in [1.82, 2.24) is 20.9 Å². The molecule has 3 fully saturated rings. The van der Waals surface area contributed by atoms with Crippen LogP contribution in [0, 0.1) is 29.1 Å². The average molecular weight is 676 g/mol. The predicted octanol–water partition coefficient (Wildman–Crippen LogP) is 4.51. The molecule has 0 saturated heterocycles. The second-order valence-corrected chi connectivity index (χ2v) is 16.4. The first-order chi connectivity index (χ1) is 22.6. The van der Waals surface area contributed by atoms with Crippen LogP contribution in [-0.2, 0) is 24.0 Å².